The summed E-state index contributed by atoms with van der Waals surface area (Å²) in [6.07, 6.45) is 6.27. The van der Waals surface area contributed by atoms with Gasteiger partial charge in [0.1, 0.15) is 0 Å². The SMILES string of the molecule is CCCCCCC(C)(CN)N(C)Cc1ccccc1Cl. The Morgan fingerprint density at radius 3 is 2.50 bits per heavy atom. The number of halogens is 1. The molecule has 0 heterocycles. The Kier molecular flexibility index (Phi) is 7.57. The third-order valence-corrected chi connectivity index (χ3v) is 4.66. The van der Waals surface area contributed by atoms with Gasteiger partial charge in [-0.25, -0.2) is 0 Å². The zero-order valence-corrected chi connectivity index (χ0v) is 13.9. The van der Waals surface area contributed by atoms with Crippen LogP contribution >= 0.6 is 11.6 Å². The molecule has 3 heteroatoms. The van der Waals surface area contributed by atoms with E-state index in [1.54, 1.807) is 0 Å². The lowest BCUT2D eigenvalue weighted by Gasteiger charge is -2.38. The van der Waals surface area contributed by atoms with Crippen LogP contribution in [-0.4, -0.2) is 24.0 Å². The summed E-state index contributed by atoms with van der Waals surface area (Å²) >= 11 is 6.25. The van der Waals surface area contributed by atoms with Crippen LogP contribution in [0.2, 0.25) is 5.02 Å². The summed E-state index contributed by atoms with van der Waals surface area (Å²) in [6.45, 7) is 6.03. The standard InChI is InChI=1S/C17H29ClN2/c1-4-5-6-9-12-17(2,14-19)20(3)13-15-10-7-8-11-16(15)18/h7-8,10-11H,4-6,9,12-14,19H2,1-3H3. The molecule has 0 radical (unpaired) electrons. The summed E-state index contributed by atoms with van der Waals surface area (Å²) in [5, 5.41) is 0.838. The Hall–Kier alpha value is -0.570. The van der Waals surface area contributed by atoms with E-state index in [0.29, 0.717) is 6.54 Å². The molecule has 0 fully saturated rings. The number of likely N-dealkylation sites (N-methyl/N-ethyl adjacent to an activating group) is 1. The van der Waals surface area contributed by atoms with E-state index in [1.165, 1.54) is 31.2 Å². The number of nitrogens with zero attached hydrogens (tertiary/aromatic N) is 1. The maximum atomic E-state index is 6.25. The number of nitrogens with two attached hydrogens (primary N) is 1. The van der Waals surface area contributed by atoms with Gasteiger partial charge >= 0.3 is 0 Å². The van der Waals surface area contributed by atoms with E-state index in [1.807, 2.05) is 18.2 Å². The van der Waals surface area contributed by atoms with Crippen LogP contribution in [0.25, 0.3) is 0 Å². The minimum absolute atomic E-state index is 0.0485. The van der Waals surface area contributed by atoms with Crippen molar-refractivity contribution in [2.75, 3.05) is 13.6 Å². The lowest BCUT2D eigenvalue weighted by molar-refractivity contribution is 0.122. The third-order valence-electron chi connectivity index (χ3n) is 4.30. The fourth-order valence-corrected chi connectivity index (χ4v) is 2.65. The van der Waals surface area contributed by atoms with Gasteiger partial charge < -0.3 is 5.73 Å². The van der Waals surface area contributed by atoms with Crippen molar-refractivity contribution >= 4 is 11.6 Å². The lowest BCUT2D eigenvalue weighted by atomic mass is 9.92. The summed E-state index contributed by atoms with van der Waals surface area (Å²) in [5.74, 6) is 0. The summed E-state index contributed by atoms with van der Waals surface area (Å²) < 4.78 is 0. The van der Waals surface area contributed by atoms with Crippen LogP contribution in [0.5, 0.6) is 0 Å². The van der Waals surface area contributed by atoms with Gasteiger partial charge in [0, 0.05) is 23.7 Å². The van der Waals surface area contributed by atoms with Gasteiger partial charge in [0.15, 0.2) is 0 Å². The van der Waals surface area contributed by atoms with Crippen LogP contribution in [0, 0.1) is 0 Å². The summed E-state index contributed by atoms with van der Waals surface area (Å²) in [7, 11) is 2.15. The van der Waals surface area contributed by atoms with Crippen LogP contribution in [0.3, 0.4) is 0 Å². The second-order valence-corrected chi connectivity index (χ2v) is 6.37. The Bertz CT molecular complexity index is 394. The molecule has 0 spiro atoms. The average molecular weight is 297 g/mol. The number of benzene rings is 1. The number of unbranched alkanes of at least 4 members (excludes halogenated alkanes) is 3. The molecule has 2 N–H and O–H groups in total. The molecular formula is C17H29ClN2. The van der Waals surface area contributed by atoms with Crippen molar-refractivity contribution < 1.29 is 0 Å². The molecule has 114 valence electrons. The monoisotopic (exact) mass is 296 g/mol. The molecule has 0 aliphatic heterocycles. The van der Waals surface area contributed by atoms with Crippen molar-refractivity contribution in [1.29, 1.82) is 0 Å². The van der Waals surface area contributed by atoms with Gasteiger partial charge in [0.05, 0.1) is 0 Å². The molecule has 0 saturated carbocycles. The van der Waals surface area contributed by atoms with E-state index in [2.05, 4.69) is 31.9 Å². The zero-order chi connectivity index (χ0) is 15.0. The summed E-state index contributed by atoms with van der Waals surface area (Å²) in [4.78, 5) is 2.35. The first-order chi connectivity index (χ1) is 9.53. The second-order valence-electron chi connectivity index (χ2n) is 5.96. The number of hydrogen-bond acceptors (Lipinski definition) is 2. The molecular weight excluding hydrogens is 268 g/mol. The maximum absolute atomic E-state index is 6.25. The van der Waals surface area contributed by atoms with Crippen LogP contribution in [0.4, 0.5) is 0 Å². The van der Waals surface area contributed by atoms with E-state index < -0.39 is 0 Å². The summed E-state index contributed by atoms with van der Waals surface area (Å²) in [6, 6.07) is 8.05. The molecule has 0 aliphatic carbocycles. The molecule has 1 aromatic rings. The lowest BCUT2D eigenvalue weighted by Crippen LogP contribution is -2.49. The predicted molar refractivity (Wildman–Crippen MR) is 89.1 cm³/mol. The number of hydrogen-bond donors (Lipinski definition) is 1. The highest BCUT2D eigenvalue weighted by atomic mass is 35.5. The normalized spacial score (nSPS) is 14.5. The van der Waals surface area contributed by atoms with E-state index in [4.69, 9.17) is 17.3 Å². The molecule has 1 rings (SSSR count). The van der Waals surface area contributed by atoms with E-state index in [0.717, 1.165) is 18.0 Å². The highest BCUT2D eigenvalue weighted by molar-refractivity contribution is 6.31. The first kappa shape index (κ1) is 17.5. The van der Waals surface area contributed by atoms with Crippen LogP contribution in [-0.2, 0) is 6.54 Å². The van der Waals surface area contributed by atoms with Gasteiger partial charge in [-0.15, -0.1) is 0 Å². The van der Waals surface area contributed by atoms with Crippen molar-refractivity contribution in [1.82, 2.24) is 4.90 Å². The van der Waals surface area contributed by atoms with Crippen LogP contribution < -0.4 is 5.73 Å². The highest BCUT2D eigenvalue weighted by Gasteiger charge is 2.27. The third kappa shape index (κ3) is 5.08. The Labute approximate surface area is 129 Å². The largest absolute Gasteiger partial charge is 0.329 e. The van der Waals surface area contributed by atoms with Crippen molar-refractivity contribution in [2.24, 2.45) is 5.73 Å². The van der Waals surface area contributed by atoms with Crippen molar-refractivity contribution in [3.05, 3.63) is 34.9 Å². The van der Waals surface area contributed by atoms with Crippen molar-refractivity contribution in [2.45, 2.75) is 58.0 Å². The van der Waals surface area contributed by atoms with Crippen molar-refractivity contribution in [3.8, 4) is 0 Å². The highest BCUT2D eigenvalue weighted by Crippen LogP contribution is 2.25. The van der Waals surface area contributed by atoms with Gasteiger partial charge in [-0.3, -0.25) is 4.90 Å². The van der Waals surface area contributed by atoms with Gasteiger partial charge in [0.2, 0.25) is 0 Å². The molecule has 0 bridgehead atoms. The molecule has 1 unspecified atom stereocenters. The summed E-state index contributed by atoms with van der Waals surface area (Å²) in [5.41, 5.74) is 7.26. The molecule has 1 aromatic carbocycles. The maximum Gasteiger partial charge on any atom is 0.0451 e. The van der Waals surface area contributed by atoms with Gasteiger partial charge in [-0.2, -0.15) is 0 Å². The predicted octanol–water partition coefficient (Wildman–Crippen LogP) is 4.46. The minimum Gasteiger partial charge on any atom is -0.329 e. The van der Waals surface area contributed by atoms with Crippen molar-refractivity contribution in [3.63, 3.8) is 0 Å². The molecule has 0 aromatic heterocycles. The number of rotatable bonds is 9. The first-order valence-corrected chi connectivity index (χ1v) is 8.06. The van der Waals surface area contributed by atoms with E-state index in [-0.39, 0.29) is 5.54 Å². The first-order valence-electron chi connectivity index (χ1n) is 7.68. The Balaban J connectivity index is 2.61. The van der Waals surface area contributed by atoms with Gasteiger partial charge in [0.25, 0.3) is 0 Å². The zero-order valence-electron chi connectivity index (χ0n) is 13.2. The molecule has 1 atom stereocenters. The van der Waals surface area contributed by atoms with Crippen LogP contribution in [0.15, 0.2) is 24.3 Å². The molecule has 2 nitrogen and oxygen atoms in total. The smallest absolute Gasteiger partial charge is 0.0451 e. The fraction of sp³-hybridized carbons (Fsp3) is 0.647. The average Bonchev–Trinajstić information content (AvgIpc) is 2.45. The van der Waals surface area contributed by atoms with E-state index in [9.17, 15) is 0 Å². The molecule has 20 heavy (non-hydrogen) atoms. The topological polar surface area (TPSA) is 29.3 Å². The quantitative estimate of drug-likeness (QED) is 0.682. The Morgan fingerprint density at radius 2 is 1.90 bits per heavy atom. The molecule has 0 amide bonds. The van der Waals surface area contributed by atoms with Gasteiger partial charge in [-0.1, -0.05) is 62.4 Å². The van der Waals surface area contributed by atoms with Gasteiger partial charge in [-0.05, 0) is 32.0 Å². The fourth-order valence-electron chi connectivity index (χ4n) is 2.45. The molecule has 0 aliphatic rings. The molecule has 0 saturated heterocycles. The minimum atomic E-state index is 0.0485. The van der Waals surface area contributed by atoms with E-state index >= 15 is 0 Å². The second kappa shape index (κ2) is 8.66. The van der Waals surface area contributed by atoms with Crippen LogP contribution in [0.1, 0.15) is 51.5 Å². The Morgan fingerprint density at radius 1 is 1.20 bits per heavy atom.